The third-order valence-corrected chi connectivity index (χ3v) is 4.62. The second-order valence-electron chi connectivity index (χ2n) is 5.87. The molecule has 2 aliphatic carbocycles. The molecule has 3 rings (SSSR count). The van der Waals surface area contributed by atoms with E-state index in [0.717, 1.165) is 5.92 Å². The molecule has 2 unspecified atom stereocenters. The maximum atomic E-state index is 2.68. The third kappa shape index (κ3) is 1.67. The number of hydrogen-bond acceptors (Lipinski definition) is 1. The molecule has 0 spiro atoms. The number of hydrogen-bond donors (Lipinski definition) is 0. The summed E-state index contributed by atoms with van der Waals surface area (Å²) < 4.78 is 0. The van der Waals surface area contributed by atoms with E-state index in [1.807, 2.05) is 0 Å². The molecule has 0 radical (unpaired) electrons. The van der Waals surface area contributed by atoms with Gasteiger partial charge in [0, 0.05) is 19.6 Å². The first-order valence-corrected chi connectivity index (χ1v) is 6.33. The van der Waals surface area contributed by atoms with E-state index in [4.69, 9.17) is 0 Å². The van der Waals surface area contributed by atoms with Crippen LogP contribution in [0.15, 0.2) is 23.8 Å². The molecule has 2 atom stereocenters. The zero-order valence-corrected chi connectivity index (χ0v) is 9.71. The van der Waals surface area contributed by atoms with Crippen molar-refractivity contribution in [2.45, 2.75) is 32.6 Å². The molecule has 82 valence electrons. The van der Waals surface area contributed by atoms with Crippen molar-refractivity contribution < 1.29 is 0 Å². The molecule has 0 aromatic rings. The zero-order chi connectivity index (χ0) is 10.3. The van der Waals surface area contributed by atoms with Crippen LogP contribution in [0.4, 0.5) is 0 Å². The summed E-state index contributed by atoms with van der Waals surface area (Å²) >= 11 is 0. The molecule has 2 fully saturated rings. The molecule has 0 aromatic heterocycles. The number of nitrogens with zero attached hydrogens (tertiary/aromatic N) is 1. The quantitative estimate of drug-likeness (QED) is 0.667. The first kappa shape index (κ1) is 9.65. The van der Waals surface area contributed by atoms with Gasteiger partial charge in [-0.2, -0.15) is 0 Å². The van der Waals surface area contributed by atoms with Crippen molar-refractivity contribution in [1.29, 1.82) is 0 Å². The number of rotatable bonds is 2. The minimum atomic E-state index is 0.659. The van der Waals surface area contributed by atoms with Crippen molar-refractivity contribution in [2.24, 2.45) is 11.3 Å². The monoisotopic (exact) mass is 203 g/mol. The fourth-order valence-corrected chi connectivity index (χ4v) is 3.73. The normalized spacial score (nSPS) is 39.8. The molecule has 0 amide bonds. The molecule has 1 aliphatic heterocycles. The highest BCUT2D eigenvalue weighted by molar-refractivity contribution is 5.24. The van der Waals surface area contributed by atoms with Crippen LogP contribution in [0.1, 0.15) is 32.6 Å². The van der Waals surface area contributed by atoms with Crippen LogP contribution in [0.2, 0.25) is 0 Å². The fourth-order valence-electron chi connectivity index (χ4n) is 3.73. The van der Waals surface area contributed by atoms with E-state index in [9.17, 15) is 0 Å². The van der Waals surface area contributed by atoms with Gasteiger partial charge in [0.15, 0.2) is 0 Å². The van der Waals surface area contributed by atoms with Crippen molar-refractivity contribution >= 4 is 0 Å². The summed E-state index contributed by atoms with van der Waals surface area (Å²) in [5, 5.41) is 0. The molecule has 1 nitrogen and oxygen atoms in total. The first-order valence-electron chi connectivity index (χ1n) is 6.33. The van der Waals surface area contributed by atoms with Crippen molar-refractivity contribution in [3.05, 3.63) is 23.8 Å². The average molecular weight is 203 g/mol. The topological polar surface area (TPSA) is 3.24 Å². The van der Waals surface area contributed by atoms with E-state index >= 15 is 0 Å². The molecular weight excluding hydrogens is 182 g/mol. The van der Waals surface area contributed by atoms with Gasteiger partial charge in [0.2, 0.25) is 0 Å². The maximum Gasteiger partial charge on any atom is 0.0199 e. The lowest BCUT2D eigenvalue weighted by atomic mass is 9.83. The van der Waals surface area contributed by atoms with Gasteiger partial charge in [-0.25, -0.2) is 0 Å². The summed E-state index contributed by atoms with van der Waals surface area (Å²) in [7, 11) is 0. The second-order valence-corrected chi connectivity index (χ2v) is 5.87. The van der Waals surface area contributed by atoms with Crippen LogP contribution in [-0.4, -0.2) is 24.5 Å². The predicted octanol–water partition coefficient (Wildman–Crippen LogP) is 2.99. The Kier molecular flexibility index (Phi) is 2.24. The summed E-state index contributed by atoms with van der Waals surface area (Å²) in [5.41, 5.74) is 2.27. The van der Waals surface area contributed by atoms with Gasteiger partial charge in [-0.05, 0) is 30.6 Å². The summed E-state index contributed by atoms with van der Waals surface area (Å²) in [6, 6.07) is 0. The van der Waals surface area contributed by atoms with E-state index in [1.165, 1.54) is 45.3 Å². The van der Waals surface area contributed by atoms with E-state index < -0.39 is 0 Å². The van der Waals surface area contributed by atoms with Gasteiger partial charge in [-0.3, -0.25) is 4.90 Å². The molecule has 0 bridgehead atoms. The Morgan fingerprint density at radius 3 is 3.20 bits per heavy atom. The second kappa shape index (κ2) is 3.48. The summed E-state index contributed by atoms with van der Waals surface area (Å²) in [6.07, 6.45) is 12.4. The number of likely N-dealkylation sites (tertiary alicyclic amines) is 1. The van der Waals surface area contributed by atoms with Crippen LogP contribution in [-0.2, 0) is 0 Å². The zero-order valence-electron chi connectivity index (χ0n) is 9.71. The Labute approximate surface area is 92.8 Å². The average Bonchev–Trinajstić information content (AvgIpc) is 2.81. The van der Waals surface area contributed by atoms with Crippen LogP contribution in [0.25, 0.3) is 0 Å². The standard InChI is InChI=1S/C14H21N/c1-14-8-4-7-13(14)10-15(11-14)9-12-5-2-3-6-12/h2-3,5,13H,4,6-11H2,1H3. The van der Waals surface area contributed by atoms with Gasteiger partial charge < -0.3 is 0 Å². The highest BCUT2D eigenvalue weighted by Crippen LogP contribution is 2.48. The van der Waals surface area contributed by atoms with Crippen molar-refractivity contribution in [2.75, 3.05) is 19.6 Å². The number of fused-ring (bicyclic) bond motifs is 1. The highest BCUT2D eigenvalue weighted by atomic mass is 15.2. The predicted molar refractivity (Wildman–Crippen MR) is 63.7 cm³/mol. The van der Waals surface area contributed by atoms with Crippen LogP contribution in [0.3, 0.4) is 0 Å². The van der Waals surface area contributed by atoms with Gasteiger partial charge >= 0.3 is 0 Å². The number of allylic oxidation sites excluding steroid dienone is 3. The minimum absolute atomic E-state index is 0.659. The molecule has 0 aromatic carbocycles. The fraction of sp³-hybridized carbons (Fsp3) is 0.714. The van der Waals surface area contributed by atoms with Crippen LogP contribution in [0, 0.1) is 11.3 Å². The highest BCUT2D eigenvalue weighted by Gasteiger charge is 2.45. The van der Waals surface area contributed by atoms with Gasteiger partial charge in [0.05, 0.1) is 0 Å². The van der Waals surface area contributed by atoms with Gasteiger partial charge in [0.25, 0.3) is 0 Å². The molecule has 1 saturated carbocycles. The van der Waals surface area contributed by atoms with E-state index in [-0.39, 0.29) is 0 Å². The van der Waals surface area contributed by atoms with Crippen molar-refractivity contribution in [1.82, 2.24) is 4.90 Å². The van der Waals surface area contributed by atoms with Crippen molar-refractivity contribution in [3.8, 4) is 0 Å². The first-order chi connectivity index (χ1) is 7.26. The Balaban J connectivity index is 1.62. The molecular formula is C14H21N. The smallest absolute Gasteiger partial charge is 0.0199 e. The Morgan fingerprint density at radius 1 is 1.53 bits per heavy atom. The minimum Gasteiger partial charge on any atom is -0.299 e. The van der Waals surface area contributed by atoms with Crippen LogP contribution in [0.5, 0.6) is 0 Å². The molecule has 1 saturated heterocycles. The van der Waals surface area contributed by atoms with Crippen molar-refractivity contribution in [3.63, 3.8) is 0 Å². The summed E-state index contributed by atoms with van der Waals surface area (Å²) in [6.45, 7) is 6.42. The molecule has 1 heterocycles. The Bertz CT molecular complexity index is 315. The Morgan fingerprint density at radius 2 is 2.47 bits per heavy atom. The van der Waals surface area contributed by atoms with E-state index in [0.29, 0.717) is 5.41 Å². The summed E-state index contributed by atoms with van der Waals surface area (Å²) in [4.78, 5) is 2.68. The molecule has 3 aliphatic rings. The SMILES string of the molecule is CC12CCCC1CN(CC1=CC=CC1)C2. The van der Waals surface area contributed by atoms with Gasteiger partial charge in [-0.1, -0.05) is 37.1 Å². The molecule has 15 heavy (non-hydrogen) atoms. The van der Waals surface area contributed by atoms with E-state index in [2.05, 4.69) is 30.1 Å². The molecule has 0 N–H and O–H groups in total. The van der Waals surface area contributed by atoms with Gasteiger partial charge in [0.1, 0.15) is 0 Å². The largest absolute Gasteiger partial charge is 0.299 e. The lowest BCUT2D eigenvalue weighted by Crippen LogP contribution is -2.26. The summed E-state index contributed by atoms with van der Waals surface area (Å²) in [5.74, 6) is 0.993. The van der Waals surface area contributed by atoms with Crippen LogP contribution < -0.4 is 0 Å². The van der Waals surface area contributed by atoms with Gasteiger partial charge in [-0.15, -0.1) is 0 Å². The lowest BCUT2D eigenvalue weighted by Gasteiger charge is -2.23. The Hall–Kier alpha value is -0.560. The maximum absolute atomic E-state index is 2.68. The molecule has 1 heteroatoms. The van der Waals surface area contributed by atoms with E-state index in [1.54, 1.807) is 5.57 Å². The lowest BCUT2D eigenvalue weighted by molar-refractivity contribution is 0.276. The third-order valence-electron chi connectivity index (χ3n) is 4.62. The van der Waals surface area contributed by atoms with Crippen LogP contribution >= 0.6 is 0 Å².